The molecule has 2 aromatic carbocycles. The van der Waals surface area contributed by atoms with Gasteiger partial charge >= 0.3 is 0 Å². The molecule has 1 aliphatic rings. The van der Waals surface area contributed by atoms with Crippen LogP contribution in [-0.4, -0.2) is 46.0 Å². The third kappa shape index (κ3) is 7.76. The summed E-state index contributed by atoms with van der Waals surface area (Å²) >= 11 is 0. The summed E-state index contributed by atoms with van der Waals surface area (Å²) in [6, 6.07) is 12.5. The quantitative estimate of drug-likeness (QED) is 0.567. The number of nitrogens with one attached hydrogen (secondary N) is 2. The normalized spacial score (nSPS) is 14.8. The summed E-state index contributed by atoms with van der Waals surface area (Å²) in [6.45, 7) is 1.65. The van der Waals surface area contributed by atoms with Gasteiger partial charge in [-0.25, -0.2) is 4.39 Å². The molecule has 0 radical (unpaired) electrons. The van der Waals surface area contributed by atoms with Gasteiger partial charge in [-0.15, -0.1) is 0 Å². The van der Waals surface area contributed by atoms with E-state index in [1.807, 2.05) is 19.1 Å². The number of amides is 3. The van der Waals surface area contributed by atoms with Gasteiger partial charge in [0.25, 0.3) is 0 Å². The van der Waals surface area contributed by atoms with Gasteiger partial charge < -0.3 is 15.5 Å². The molecule has 0 aliphatic heterocycles. The van der Waals surface area contributed by atoms with Crippen molar-refractivity contribution >= 4 is 39.9 Å². The van der Waals surface area contributed by atoms with Crippen LogP contribution in [0, 0.1) is 12.7 Å². The zero-order valence-corrected chi connectivity index (χ0v) is 20.0. The standard InChI is InChI=1S/C25H30FN3O4S/c1-18-7-5-6-10-22(18)29(15-23(30)27-20-8-3-2-4-9-20)25(32)17-34(33)16-24(31)28-21-13-11-19(26)12-14-21/h5-7,10-14,20H,2-4,8-9,15-17H2,1H3,(H,27,30)(H,28,31)/t34-/m1/s1. The van der Waals surface area contributed by atoms with Crippen LogP contribution in [0.15, 0.2) is 48.5 Å². The van der Waals surface area contributed by atoms with Gasteiger partial charge in [0.15, 0.2) is 0 Å². The smallest absolute Gasteiger partial charge is 0.240 e. The highest BCUT2D eigenvalue weighted by molar-refractivity contribution is 7.86. The number of anilines is 2. The summed E-state index contributed by atoms with van der Waals surface area (Å²) < 4.78 is 25.6. The van der Waals surface area contributed by atoms with Gasteiger partial charge in [-0.05, 0) is 55.7 Å². The van der Waals surface area contributed by atoms with E-state index in [9.17, 15) is 23.0 Å². The number of benzene rings is 2. The van der Waals surface area contributed by atoms with E-state index < -0.39 is 34.2 Å². The van der Waals surface area contributed by atoms with E-state index in [1.165, 1.54) is 35.6 Å². The van der Waals surface area contributed by atoms with Crippen LogP contribution in [0.1, 0.15) is 37.7 Å². The first-order chi connectivity index (χ1) is 16.3. The van der Waals surface area contributed by atoms with Gasteiger partial charge in [0.1, 0.15) is 23.9 Å². The Morgan fingerprint density at radius 2 is 1.65 bits per heavy atom. The number of nitrogens with zero attached hydrogens (tertiary/aromatic N) is 1. The molecule has 182 valence electrons. The van der Waals surface area contributed by atoms with Crippen LogP contribution in [-0.2, 0) is 25.2 Å². The summed E-state index contributed by atoms with van der Waals surface area (Å²) in [5.41, 5.74) is 1.75. The number of rotatable bonds is 9. The molecule has 0 aromatic heterocycles. The van der Waals surface area contributed by atoms with Crippen molar-refractivity contribution < 1.29 is 23.0 Å². The minimum atomic E-state index is -1.79. The number of aryl methyl sites for hydroxylation is 1. The molecular weight excluding hydrogens is 457 g/mol. The van der Waals surface area contributed by atoms with Crippen LogP contribution in [0.3, 0.4) is 0 Å². The van der Waals surface area contributed by atoms with Crippen LogP contribution in [0.4, 0.5) is 15.8 Å². The Bertz CT molecular complexity index is 1040. The molecular formula is C25H30FN3O4S. The van der Waals surface area contributed by atoms with Crippen LogP contribution < -0.4 is 15.5 Å². The van der Waals surface area contributed by atoms with Crippen molar-refractivity contribution in [2.24, 2.45) is 0 Å². The van der Waals surface area contributed by atoms with Crippen molar-refractivity contribution in [3.63, 3.8) is 0 Å². The lowest BCUT2D eigenvalue weighted by atomic mass is 9.95. The predicted octanol–water partition coefficient (Wildman–Crippen LogP) is 3.30. The van der Waals surface area contributed by atoms with Crippen molar-refractivity contribution in [1.82, 2.24) is 5.32 Å². The number of carbonyl (C=O) groups is 3. The SMILES string of the molecule is Cc1ccccc1N(CC(=O)NC1CCCCC1)C(=O)C[S@](=O)CC(=O)Nc1ccc(F)cc1. The first-order valence-corrected chi connectivity index (χ1v) is 12.9. The van der Waals surface area contributed by atoms with Crippen molar-refractivity contribution in [3.8, 4) is 0 Å². The lowest BCUT2D eigenvalue weighted by Gasteiger charge is -2.27. The van der Waals surface area contributed by atoms with Crippen LogP contribution in [0.25, 0.3) is 0 Å². The van der Waals surface area contributed by atoms with E-state index in [1.54, 1.807) is 12.1 Å². The molecule has 7 nitrogen and oxygen atoms in total. The maximum atomic E-state index is 13.1. The van der Waals surface area contributed by atoms with E-state index in [-0.39, 0.29) is 24.2 Å². The van der Waals surface area contributed by atoms with E-state index >= 15 is 0 Å². The Kier molecular flexibility index (Phi) is 9.33. The van der Waals surface area contributed by atoms with Crippen molar-refractivity contribution in [2.45, 2.75) is 45.1 Å². The first-order valence-electron chi connectivity index (χ1n) is 11.4. The minimum Gasteiger partial charge on any atom is -0.352 e. The fourth-order valence-electron chi connectivity index (χ4n) is 3.98. The van der Waals surface area contributed by atoms with Crippen LogP contribution in [0.5, 0.6) is 0 Å². The average Bonchev–Trinajstić information content (AvgIpc) is 2.80. The summed E-state index contributed by atoms with van der Waals surface area (Å²) in [5, 5.41) is 5.54. The number of halogens is 1. The largest absolute Gasteiger partial charge is 0.352 e. The topological polar surface area (TPSA) is 95.6 Å². The Morgan fingerprint density at radius 3 is 2.32 bits per heavy atom. The summed E-state index contributed by atoms with van der Waals surface area (Å²) in [6.07, 6.45) is 5.17. The van der Waals surface area contributed by atoms with Gasteiger partial charge in [0, 0.05) is 28.2 Å². The van der Waals surface area contributed by atoms with E-state index in [0.29, 0.717) is 11.4 Å². The fourth-order valence-corrected chi connectivity index (χ4v) is 4.88. The number of carbonyl (C=O) groups excluding carboxylic acids is 3. The van der Waals surface area contributed by atoms with Crippen LogP contribution >= 0.6 is 0 Å². The predicted molar refractivity (Wildman–Crippen MR) is 131 cm³/mol. The molecule has 0 spiro atoms. The molecule has 1 atom stereocenters. The lowest BCUT2D eigenvalue weighted by Crippen LogP contribution is -2.46. The van der Waals surface area contributed by atoms with Gasteiger partial charge in [-0.1, -0.05) is 37.5 Å². The molecule has 0 saturated heterocycles. The van der Waals surface area contributed by atoms with E-state index in [4.69, 9.17) is 0 Å². The second-order valence-corrected chi connectivity index (χ2v) is 9.91. The lowest BCUT2D eigenvalue weighted by molar-refractivity contribution is -0.123. The maximum Gasteiger partial charge on any atom is 0.240 e. The number of para-hydroxylation sites is 1. The van der Waals surface area contributed by atoms with Crippen LogP contribution in [0.2, 0.25) is 0 Å². The van der Waals surface area contributed by atoms with Gasteiger partial charge in [-0.3, -0.25) is 18.6 Å². The van der Waals surface area contributed by atoms with Gasteiger partial charge in [-0.2, -0.15) is 0 Å². The van der Waals surface area contributed by atoms with Gasteiger partial charge in [0.2, 0.25) is 17.7 Å². The molecule has 34 heavy (non-hydrogen) atoms. The van der Waals surface area contributed by atoms with Crippen molar-refractivity contribution in [2.75, 3.05) is 28.3 Å². The monoisotopic (exact) mass is 487 g/mol. The molecule has 0 bridgehead atoms. The Morgan fingerprint density at radius 1 is 0.971 bits per heavy atom. The molecule has 3 rings (SSSR count). The number of hydrogen-bond acceptors (Lipinski definition) is 4. The highest BCUT2D eigenvalue weighted by Crippen LogP contribution is 2.21. The minimum absolute atomic E-state index is 0.111. The van der Waals surface area contributed by atoms with E-state index in [0.717, 1.165) is 31.2 Å². The molecule has 0 unspecified atom stereocenters. The summed E-state index contributed by atoms with van der Waals surface area (Å²) in [5.74, 6) is -2.53. The fraction of sp³-hybridized carbons (Fsp3) is 0.400. The second kappa shape index (κ2) is 12.4. The highest BCUT2D eigenvalue weighted by atomic mass is 32.2. The molecule has 0 heterocycles. The zero-order chi connectivity index (χ0) is 24.5. The third-order valence-corrected chi connectivity index (χ3v) is 6.84. The summed E-state index contributed by atoms with van der Waals surface area (Å²) in [7, 11) is -1.79. The third-order valence-electron chi connectivity index (χ3n) is 5.68. The molecule has 2 aromatic rings. The maximum absolute atomic E-state index is 13.1. The molecule has 1 saturated carbocycles. The molecule has 9 heteroatoms. The Hall–Kier alpha value is -3.07. The van der Waals surface area contributed by atoms with Crippen molar-refractivity contribution in [3.05, 3.63) is 59.9 Å². The summed E-state index contributed by atoms with van der Waals surface area (Å²) in [4.78, 5) is 39.4. The van der Waals surface area contributed by atoms with Crippen molar-refractivity contribution in [1.29, 1.82) is 0 Å². The van der Waals surface area contributed by atoms with Gasteiger partial charge in [0.05, 0.1) is 0 Å². The highest BCUT2D eigenvalue weighted by Gasteiger charge is 2.25. The Labute approximate surface area is 201 Å². The first kappa shape index (κ1) is 25.6. The van der Waals surface area contributed by atoms with E-state index in [2.05, 4.69) is 10.6 Å². The average molecular weight is 488 g/mol. The zero-order valence-electron chi connectivity index (χ0n) is 19.2. The Balaban J connectivity index is 1.62. The molecule has 3 amide bonds. The molecule has 2 N–H and O–H groups in total. The second-order valence-electron chi connectivity index (χ2n) is 8.45. The molecule has 1 aliphatic carbocycles. The number of hydrogen-bond donors (Lipinski definition) is 2. The molecule has 1 fully saturated rings.